The topological polar surface area (TPSA) is 42.0 Å². The third kappa shape index (κ3) is 3.53. The lowest BCUT2D eigenvalue weighted by atomic mass is 10.0. The van der Waals surface area contributed by atoms with Gasteiger partial charge in [0.05, 0.1) is 17.2 Å². The zero-order valence-electron chi connectivity index (χ0n) is 10.6. The van der Waals surface area contributed by atoms with Crippen LogP contribution >= 0.6 is 11.3 Å². The molecule has 0 aliphatic heterocycles. The summed E-state index contributed by atoms with van der Waals surface area (Å²) in [6.45, 7) is 4.65. The van der Waals surface area contributed by atoms with E-state index >= 15 is 0 Å². The number of carbonyl (C=O) groups is 1. The van der Waals surface area contributed by atoms with Crippen LogP contribution in [0, 0.1) is 19.8 Å². The molecule has 1 saturated carbocycles. The van der Waals surface area contributed by atoms with E-state index in [9.17, 15) is 4.79 Å². The highest BCUT2D eigenvalue weighted by atomic mass is 32.1. The lowest BCUT2D eigenvalue weighted by Gasteiger charge is -2.08. The van der Waals surface area contributed by atoms with Crippen LogP contribution in [-0.2, 0) is 11.3 Å². The molecule has 0 radical (unpaired) electrons. The summed E-state index contributed by atoms with van der Waals surface area (Å²) in [5.74, 6) is 0.821. The molecule has 1 aromatic rings. The van der Waals surface area contributed by atoms with Crippen LogP contribution in [0.5, 0.6) is 0 Å². The van der Waals surface area contributed by atoms with Gasteiger partial charge in [-0.1, -0.05) is 12.8 Å². The first-order valence-electron chi connectivity index (χ1n) is 6.34. The van der Waals surface area contributed by atoms with Gasteiger partial charge in [-0.05, 0) is 32.6 Å². The van der Waals surface area contributed by atoms with Gasteiger partial charge in [0, 0.05) is 11.3 Å². The van der Waals surface area contributed by atoms with E-state index in [-0.39, 0.29) is 5.91 Å². The Bertz CT molecular complexity index is 394. The van der Waals surface area contributed by atoms with Crippen molar-refractivity contribution in [2.45, 2.75) is 52.5 Å². The average Bonchev–Trinajstić information content (AvgIpc) is 2.86. The molecule has 0 atom stereocenters. The molecule has 0 aromatic carbocycles. The van der Waals surface area contributed by atoms with Crippen molar-refractivity contribution < 1.29 is 4.79 Å². The largest absolute Gasteiger partial charge is 0.351 e. The minimum absolute atomic E-state index is 0.197. The zero-order valence-corrected chi connectivity index (χ0v) is 11.4. The van der Waals surface area contributed by atoms with Crippen LogP contribution in [0.15, 0.2) is 0 Å². The Balaban J connectivity index is 1.77. The van der Waals surface area contributed by atoms with Crippen LogP contribution in [0.4, 0.5) is 0 Å². The molecule has 1 aromatic heterocycles. The highest BCUT2D eigenvalue weighted by Gasteiger charge is 2.18. The Kier molecular flexibility index (Phi) is 4.15. The lowest BCUT2D eigenvalue weighted by Crippen LogP contribution is -2.24. The Morgan fingerprint density at radius 2 is 2.12 bits per heavy atom. The van der Waals surface area contributed by atoms with Crippen molar-refractivity contribution in [3.05, 3.63) is 15.6 Å². The fourth-order valence-corrected chi connectivity index (χ4v) is 3.34. The van der Waals surface area contributed by atoms with Crippen LogP contribution in [0.3, 0.4) is 0 Å². The maximum absolute atomic E-state index is 11.8. The van der Waals surface area contributed by atoms with Crippen LogP contribution < -0.4 is 5.32 Å². The Hall–Kier alpha value is -0.900. The van der Waals surface area contributed by atoms with E-state index in [0.717, 1.165) is 10.7 Å². The molecule has 2 rings (SSSR count). The van der Waals surface area contributed by atoms with Gasteiger partial charge in [-0.3, -0.25) is 4.79 Å². The molecular formula is C13H20N2OS. The van der Waals surface area contributed by atoms with Gasteiger partial charge >= 0.3 is 0 Å². The second-order valence-corrected chi connectivity index (χ2v) is 6.16. The summed E-state index contributed by atoms with van der Waals surface area (Å²) in [4.78, 5) is 17.3. The summed E-state index contributed by atoms with van der Waals surface area (Å²) in [7, 11) is 0. The van der Waals surface area contributed by atoms with Crippen LogP contribution in [-0.4, -0.2) is 10.9 Å². The predicted octanol–water partition coefficient (Wildman–Crippen LogP) is 2.96. The van der Waals surface area contributed by atoms with Gasteiger partial charge in [0.25, 0.3) is 0 Å². The molecule has 1 aliphatic carbocycles. The summed E-state index contributed by atoms with van der Waals surface area (Å²) >= 11 is 1.67. The minimum atomic E-state index is 0.197. The van der Waals surface area contributed by atoms with E-state index < -0.39 is 0 Å². The molecule has 3 nitrogen and oxygen atoms in total. The number of carbonyl (C=O) groups excluding carboxylic acids is 1. The first-order valence-corrected chi connectivity index (χ1v) is 7.16. The Labute approximate surface area is 107 Å². The molecule has 1 fully saturated rings. The standard InChI is InChI=1S/C13H20N2OS/c1-9-12(17-10(2)15-9)8-14-13(16)7-11-5-3-4-6-11/h11H,3-8H2,1-2H3,(H,14,16). The fourth-order valence-electron chi connectivity index (χ4n) is 2.47. The molecule has 1 heterocycles. The molecule has 1 aliphatic rings. The third-order valence-corrected chi connectivity index (χ3v) is 4.47. The van der Waals surface area contributed by atoms with Gasteiger partial charge < -0.3 is 5.32 Å². The Morgan fingerprint density at radius 3 is 2.71 bits per heavy atom. The van der Waals surface area contributed by atoms with E-state index in [2.05, 4.69) is 10.3 Å². The number of thiazole rings is 1. The maximum Gasteiger partial charge on any atom is 0.220 e. The summed E-state index contributed by atoms with van der Waals surface area (Å²) < 4.78 is 0. The number of amides is 1. The summed E-state index contributed by atoms with van der Waals surface area (Å²) in [5.41, 5.74) is 1.05. The predicted molar refractivity (Wildman–Crippen MR) is 70.0 cm³/mol. The number of nitrogens with one attached hydrogen (secondary N) is 1. The number of hydrogen-bond acceptors (Lipinski definition) is 3. The molecule has 0 bridgehead atoms. The fraction of sp³-hybridized carbons (Fsp3) is 0.692. The second-order valence-electron chi connectivity index (χ2n) is 4.87. The van der Waals surface area contributed by atoms with E-state index in [1.807, 2.05) is 13.8 Å². The molecule has 94 valence electrons. The summed E-state index contributed by atoms with van der Waals surface area (Å²) in [5, 5.41) is 4.08. The number of hydrogen-bond donors (Lipinski definition) is 1. The quantitative estimate of drug-likeness (QED) is 0.895. The SMILES string of the molecule is Cc1nc(C)c(CNC(=O)CC2CCCC2)s1. The van der Waals surface area contributed by atoms with Crippen molar-refractivity contribution in [3.63, 3.8) is 0 Å². The molecule has 0 spiro atoms. The maximum atomic E-state index is 11.8. The van der Waals surface area contributed by atoms with Crippen molar-refractivity contribution in [1.82, 2.24) is 10.3 Å². The van der Waals surface area contributed by atoms with Crippen LogP contribution in [0.1, 0.15) is 47.7 Å². The molecule has 0 unspecified atom stereocenters. The van der Waals surface area contributed by atoms with Gasteiger partial charge in [0.15, 0.2) is 0 Å². The first kappa shape index (κ1) is 12.6. The molecule has 1 amide bonds. The van der Waals surface area contributed by atoms with E-state index in [1.165, 1.54) is 30.6 Å². The number of aryl methyl sites for hydroxylation is 2. The number of nitrogens with zero attached hydrogens (tertiary/aromatic N) is 1. The molecule has 4 heteroatoms. The summed E-state index contributed by atoms with van der Waals surface area (Å²) in [6, 6.07) is 0. The van der Waals surface area contributed by atoms with Crippen molar-refractivity contribution in [2.75, 3.05) is 0 Å². The number of aromatic nitrogens is 1. The molecule has 1 N–H and O–H groups in total. The van der Waals surface area contributed by atoms with Gasteiger partial charge in [-0.15, -0.1) is 11.3 Å². The lowest BCUT2D eigenvalue weighted by molar-refractivity contribution is -0.122. The smallest absolute Gasteiger partial charge is 0.220 e. The summed E-state index contributed by atoms with van der Waals surface area (Å²) in [6.07, 6.45) is 5.76. The van der Waals surface area contributed by atoms with E-state index in [1.54, 1.807) is 11.3 Å². The van der Waals surface area contributed by atoms with Gasteiger partial charge in [-0.25, -0.2) is 4.98 Å². The van der Waals surface area contributed by atoms with Crippen molar-refractivity contribution >= 4 is 17.2 Å². The van der Waals surface area contributed by atoms with Gasteiger partial charge in [0.2, 0.25) is 5.91 Å². The van der Waals surface area contributed by atoms with E-state index in [4.69, 9.17) is 0 Å². The van der Waals surface area contributed by atoms with Crippen molar-refractivity contribution in [2.24, 2.45) is 5.92 Å². The normalized spacial score (nSPS) is 16.4. The van der Waals surface area contributed by atoms with E-state index in [0.29, 0.717) is 18.9 Å². The first-order chi connectivity index (χ1) is 8.15. The zero-order chi connectivity index (χ0) is 12.3. The monoisotopic (exact) mass is 252 g/mol. The van der Waals surface area contributed by atoms with Crippen LogP contribution in [0.25, 0.3) is 0 Å². The van der Waals surface area contributed by atoms with Crippen LogP contribution in [0.2, 0.25) is 0 Å². The minimum Gasteiger partial charge on any atom is -0.351 e. The molecule has 17 heavy (non-hydrogen) atoms. The highest BCUT2D eigenvalue weighted by Crippen LogP contribution is 2.27. The number of rotatable bonds is 4. The van der Waals surface area contributed by atoms with Gasteiger partial charge in [-0.2, -0.15) is 0 Å². The second kappa shape index (κ2) is 5.63. The average molecular weight is 252 g/mol. The third-order valence-electron chi connectivity index (χ3n) is 3.39. The Morgan fingerprint density at radius 1 is 1.41 bits per heavy atom. The molecule has 0 saturated heterocycles. The van der Waals surface area contributed by atoms with Gasteiger partial charge in [0.1, 0.15) is 0 Å². The van der Waals surface area contributed by atoms with Crippen molar-refractivity contribution in [1.29, 1.82) is 0 Å². The van der Waals surface area contributed by atoms with Crippen molar-refractivity contribution in [3.8, 4) is 0 Å². The molecular weight excluding hydrogens is 232 g/mol. The highest BCUT2D eigenvalue weighted by molar-refractivity contribution is 7.11.